The maximum absolute atomic E-state index is 6.45. The van der Waals surface area contributed by atoms with Gasteiger partial charge in [0.05, 0.1) is 0 Å². The van der Waals surface area contributed by atoms with Crippen LogP contribution in [0.25, 0.3) is 0 Å². The van der Waals surface area contributed by atoms with E-state index in [1.807, 2.05) is 0 Å². The van der Waals surface area contributed by atoms with E-state index < -0.39 is 0 Å². The average Bonchev–Trinajstić information content (AvgIpc) is 2.63. The maximum atomic E-state index is 6.45. The van der Waals surface area contributed by atoms with Crippen LogP contribution in [0.5, 0.6) is 0 Å². The molecule has 0 bridgehead atoms. The van der Waals surface area contributed by atoms with Crippen LogP contribution in [0.15, 0.2) is 0 Å². The fourth-order valence-electron chi connectivity index (χ4n) is 3.12. The first kappa shape index (κ1) is 11.4. The van der Waals surface area contributed by atoms with Crippen LogP contribution < -0.4 is 5.73 Å². The lowest BCUT2D eigenvalue weighted by Gasteiger charge is -2.34. The average molecular weight is 210 g/mol. The van der Waals surface area contributed by atoms with Crippen molar-refractivity contribution in [3.05, 3.63) is 0 Å². The standard InChI is InChI=1S/C13H26N2/c1-12-5-9-15(11-12)10-8-13(14)6-3-2-4-7-13/h12H,2-11,14H2,1H3. The lowest BCUT2D eigenvalue weighted by Crippen LogP contribution is -2.44. The Hall–Kier alpha value is -0.0800. The number of hydrogen-bond acceptors (Lipinski definition) is 2. The lowest BCUT2D eigenvalue weighted by molar-refractivity contribution is 0.227. The van der Waals surface area contributed by atoms with Gasteiger partial charge < -0.3 is 10.6 Å². The highest BCUT2D eigenvalue weighted by Gasteiger charge is 2.28. The molecule has 2 aliphatic rings. The molecule has 0 aromatic heterocycles. The van der Waals surface area contributed by atoms with Crippen molar-refractivity contribution in [1.29, 1.82) is 0 Å². The molecule has 1 heterocycles. The number of nitrogens with two attached hydrogens (primary N) is 1. The molecule has 1 unspecified atom stereocenters. The minimum absolute atomic E-state index is 0.185. The van der Waals surface area contributed by atoms with Gasteiger partial charge in [-0.1, -0.05) is 26.2 Å². The quantitative estimate of drug-likeness (QED) is 0.775. The van der Waals surface area contributed by atoms with Crippen molar-refractivity contribution in [3.8, 4) is 0 Å². The van der Waals surface area contributed by atoms with Gasteiger partial charge in [0.15, 0.2) is 0 Å². The fraction of sp³-hybridized carbons (Fsp3) is 1.00. The molecular weight excluding hydrogens is 184 g/mol. The van der Waals surface area contributed by atoms with Crippen molar-refractivity contribution < 1.29 is 0 Å². The first-order valence-corrected chi connectivity index (χ1v) is 6.69. The summed E-state index contributed by atoms with van der Waals surface area (Å²) in [5.41, 5.74) is 6.63. The normalized spacial score (nSPS) is 32.0. The van der Waals surface area contributed by atoms with Crippen molar-refractivity contribution in [2.75, 3.05) is 19.6 Å². The molecule has 1 aliphatic heterocycles. The number of nitrogens with zero attached hydrogens (tertiary/aromatic N) is 1. The summed E-state index contributed by atoms with van der Waals surface area (Å²) < 4.78 is 0. The lowest BCUT2D eigenvalue weighted by atomic mass is 9.80. The van der Waals surface area contributed by atoms with Crippen LogP contribution in [0.3, 0.4) is 0 Å². The third-order valence-corrected chi connectivity index (χ3v) is 4.28. The first-order valence-electron chi connectivity index (χ1n) is 6.69. The summed E-state index contributed by atoms with van der Waals surface area (Å²) >= 11 is 0. The highest BCUT2D eigenvalue weighted by molar-refractivity contribution is 4.88. The molecule has 0 aromatic carbocycles. The van der Waals surface area contributed by atoms with Crippen LogP contribution >= 0.6 is 0 Å². The Bertz CT molecular complexity index is 197. The van der Waals surface area contributed by atoms with Crippen molar-refractivity contribution in [2.24, 2.45) is 11.7 Å². The number of hydrogen-bond donors (Lipinski definition) is 1. The summed E-state index contributed by atoms with van der Waals surface area (Å²) in [4.78, 5) is 2.61. The van der Waals surface area contributed by atoms with Gasteiger partial charge in [0.25, 0.3) is 0 Å². The monoisotopic (exact) mass is 210 g/mol. The number of rotatable bonds is 3. The van der Waals surface area contributed by atoms with Crippen LogP contribution in [-0.2, 0) is 0 Å². The Morgan fingerprint density at radius 2 is 2.00 bits per heavy atom. The van der Waals surface area contributed by atoms with Crippen molar-refractivity contribution >= 4 is 0 Å². The zero-order chi connectivity index (χ0) is 10.7. The summed E-state index contributed by atoms with van der Waals surface area (Å²) in [5, 5.41) is 0. The van der Waals surface area contributed by atoms with Crippen molar-refractivity contribution in [3.63, 3.8) is 0 Å². The van der Waals surface area contributed by atoms with Crippen LogP contribution in [0.1, 0.15) is 51.9 Å². The molecule has 15 heavy (non-hydrogen) atoms. The SMILES string of the molecule is CC1CCN(CCC2(N)CCCCC2)C1. The molecule has 1 atom stereocenters. The van der Waals surface area contributed by atoms with Gasteiger partial charge in [-0.15, -0.1) is 0 Å². The summed E-state index contributed by atoms with van der Waals surface area (Å²) in [6.45, 7) is 6.20. The molecule has 0 spiro atoms. The second-order valence-corrected chi connectivity index (χ2v) is 5.87. The predicted octanol–water partition coefficient (Wildman–Crippen LogP) is 2.38. The van der Waals surface area contributed by atoms with E-state index in [1.54, 1.807) is 0 Å². The Kier molecular flexibility index (Phi) is 3.68. The largest absolute Gasteiger partial charge is 0.325 e. The van der Waals surface area contributed by atoms with E-state index in [1.165, 1.54) is 64.6 Å². The van der Waals surface area contributed by atoms with Gasteiger partial charge in [0, 0.05) is 12.1 Å². The van der Waals surface area contributed by atoms with Crippen LogP contribution in [-0.4, -0.2) is 30.1 Å². The molecular formula is C13H26N2. The Morgan fingerprint density at radius 1 is 1.27 bits per heavy atom. The topological polar surface area (TPSA) is 29.3 Å². The molecule has 1 saturated carbocycles. The second-order valence-electron chi connectivity index (χ2n) is 5.87. The molecule has 2 fully saturated rings. The van der Waals surface area contributed by atoms with E-state index in [-0.39, 0.29) is 5.54 Å². The van der Waals surface area contributed by atoms with Crippen LogP contribution in [0.2, 0.25) is 0 Å². The van der Waals surface area contributed by atoms with Gasteiger partial charge in [0.1, 0.15) is 0 Å². The third-order valence-electron chi connectivity index (χ3n) is 4.28. The van der Waals surface area contributed by atoms with Gasteiger partial charge in [-0.05, 0) is 44.7 Å². The highest BCUT2D eigenvalue weighted by Crippen LogP contribution is 2.29. The van der Waals surface area contributed by atoms with E-state index in [9.17, 15) is 0 Å². The fourth-order valence-corrected chi connectivity index (χ4v) is 3.12. The van der Waals surface area contributed by atoms with E-state index in [0.717, 1.165) is 5.92 Å². The van der Waals surface area contributed by atoms with Gasteiger partial charge in [-0.25, -0.2) is 0 Å². The van der Waals surface area contributed by atoms with E-state index in [4.69, 9.17) is 5.73 Å². The molecule has 2 N–H and O–H groups in total. The minimum atomic E-state index is 0.185. The predicted molar refractivity (Wildman–Crippen MR) is 64.8 cm³/mol. The molecule has 88 valence electrons. The maximum Gasteiger partial charge on any atom is 0.0166 e. The summed E-state index contributed by atoms with van der Waals surface area (Å²) in [6, 6.07) is 0. The molecule has 0 amide bonds. The van der Waals surface area contributed by atoms with Crippen molar-refractivity contribution in [1.82, 2.24) is 4.90 Å². The van der Waals surface area contributed by atoms with Gasteiger partial charge in [-0.3, -0.25) is 0 Å². The number of likely N-dealkylation sites (tertiary alicyclic amines) is 1. The Labute approximate surface area is 94.2 Å². The summed E-state index contributed by atoms with van der Waals surface area (Å²) in [6.07, 6.45) is 9.24. The zero-order valence-corrected chi connectivity index (χ0v) is 10.2. The zero-order valence-electron chi connectivity index (χ0n) is 10.2. The van der Waals surface area contributed by atoms with E-state index in [0.29, 0.717) is 0 Å². The molecule has 2 heteroatoms. The molecule has 1 aliphatic carbocycles. The van der Waals surface area contributed by atoms with Gasteiger partial charge in [-0.2, -0.15) is 0 Å². The summed E-state index contributed by atoms with van der Waals surface area (Å²) in [5.74, 6) is 0.907. The van der Waals surface area contributed by atoms with Gasteiger partial charge in [0.2, 0.25) is 0 Å². The van der Waals surface area contributed by atoms with Crippen LogP contribution in [0.4, 0.5) is 0 Å². The molecule has 0 radical (unpaired) electrons. The third kappa shape index (κ3) is 3.18. The molecule has 0 aromatic rings. The minimum Gasteiger partial charge on any atom is -0.325 e. The molecule has 1 saturated heterocycles. The second kappa shape index (κ2) is 4.84. The summed E-state index contributed by atoms with van der Waals surface area (Å²) in [7, 11) is 0. The smallest absolute Gasteiger partial charge is 0.0166 e. The molecule has 2 nitrogen and oxygen atoms in total. The Morgan fingerprint density at radius 3 is 2.60 bits per heavy atom. The first-order chi connectivity index (χ1) is 7.18. The van der Waals surface area contributed by atoms with Gasteiger partial charge >= 0.3 is 0 Å². The van der Waals surface area contributed by atoms with Crippen LogP contribution in [0, 0.1) is 5.92 Å². The van der Waals surface area contributed by atoms with Crippen molar-refractivity contribution in [2.45, 2.75) is 57.4 Å². The van der Waals surface area contributed by atoms with E-state index >= 15 is 0 Å². The molecule has 2 rings (SSSR count). The van der Waals surface area contributed by atoms with E-state index in [2.05, 4.69) is 11.8 Å². The highest BCUT2D eigenvalue weighted by atomic mass is 15.1. The Balaban J connectivity index is 1.72.